The third-order valence-electron chi connectivity index (χ3n) is 5.85. The predicted molar refractivity (Wildman–Crippen MR) is 102 cm³/mol. The number of fused-ring (bicyclic) bond motifs is 1. The lowest BCUT2D eigenvalue weighted by Crippen LogP contribution is -2.49. The number of benzene rings is 2. The number of carboxylic acid groups (broad SMARTS) is 1. The van der Waals surface area contributed by atoms with E-state index < -0.39 is 5.97 Å². The summed E-state index contributed by atoms with van der Waals surface area (Å²) in [5.41, 5.74) is 1.23. The molecule has 0 atom stereocenters. The molecule has 0 spiro atoms. The van der Waals surface area contributed by atoms with Gasteiger partial charge in [0.25, 0.3) is 0 Å². The van der Waals surface area contributed by atoms with Gasteiger partial charge in [-0.15, -0.1) is 0 Å². The minimum atomic E-state index is -0.681. The minimum Gasteiger partial charge on any atom is -0.490 e. The standard InChI is InChI=1S/C22H27NO3/c1-15-2-7-20(8-3-15)26-21-9-6-17-10-16(4-5-18(17)11-21)12-23-13-19(14-23)22(24)25/h4-6,9-11,15,19-20H,2-3,7-8,12-14H2,1H3,(H,24,25)/t15-,20+. The average molecular weight is 353 g/mol. The lowest BCUT2D eigenvalue weighted by atomic mass is 9.89. The largest absolute Gasteiger partial charge is 0.490 e. The first-order chi connectivity index (χ1) is 12.6. The number of hydrogen-bond donors (Lipinski definition) is 1. The molecule has 1 heterocycles. The van der Waals surface area contributed by atoms with E-state index >= 15 is 0 Å². The van der Waals surface area contributed by atoms with Gasteiger partial charge in [-0.2, -0.15) is 0 Å². The Morgan fingerprint density at radius 3 is 2.50 bits per heavy atom. The van der Waals surface area contributed by atoms with Crippen LogP contribution in [0.4, 0.5) is 0 Å². The molecule has 2 aromatic rings. The first-order valence-corrected chi connectivity index (χ1v) is 9.71. The molecule has 0 radical (unpaired) electrons. The average Bonchev–Trinajstić information content (AvgIpc) is 2.59. The second-order valence-corrected chi connectivity index (χ2v) is 8.07. The molecule has 2 aromatic carbocycles. The van der Waals surface area contributed by atoms with Crippen LogP contribution in [0.15, 0.2) is 36.4 Å². The highest BCUT2D eigenvalue weighted by molar-refractivity contribution is 5.84. The number of hydrogen-bond acceptors (Lipinski definition) is 3. The van der Waals surface area contributed by atoms with Crippen LogP contribution in [0.5, 0.6) is 5.75 Å². The zero-order chi connectivity index (χ0) is 18.1. The van der Waals surface area contributed by atoms with E-state index in [-0.39, 0.29) is 5.92 Å². The molecule has 2 fully saturated rings. The van der Waals surface area contributed by atoms with Gasteiger partial charge >= 0.3 is 5.97 Å². The van der Waals surface area contributed by atoms with Gasteiger partial charge in [0.05, 0.1) is 12.0 Å². The first kappa shape index (κ1) is 17.3. The smallest absolute Gasteiger partial charge is 0.309 e. The number of rotatable bonds is 5. The highest BCUT2D eigenvalue weighted by Crippen LogP contribution is 2.29. The Hall–Kier alpha value is -2.07. The second-order valence-electron chi connectivity index (χ2n) is 8.07. The Balaban J connectivity index is 1.39. The topological polar surface area (TPSA) is 49.8 Å². The SMILES string of the molecule is C[C@H]1CC[C@@H](Oc2ccc3cc(CN4CC(C(=O)O)C4)ccc3c2)CC1. The zero-order valence-corrected chi connectivity index (χ0v) is 15.4. The molecule has 1 saturated heterocycles. The van der Waals surface area contributed by atoms with Gasteiger partial charge < -0.3 is 9.84 Å². The minimum absolute atomic E-state index is 0.196. The van der Waals surface area contributed by atoms with Crippen LogP contribution in [0.2, 0.25) is 0 Å². The monoisotopic (exact) mass is 353 g/mol. The fourth-order valence-corrected chi connectivity index (χ4v) is 4.10. The Labute approximate surface area is 154 Å². The van der Waals surface area contributed by atoms with Crippen molar-refractivity contribution in [2.24, 2.45) is 11.8 Å². The van der Waals surface area contributed by atoms with Crippen LogP contribution in [0, 0.1) is 11.8 Å². The van der Waals surface area contributed by atoms with E-state index in [0.29, 0.717) is 19.2 Å². The summed E-state index contributed by atoms with van der Waals surface area (Å²) in [6.45, 7) is 4.45. The summed E-state index contributed by atoms with van der Waals surface area (Å²) >= 11 is 0. The van der Waals surface area contributed by atoms with Gasteiger partial charge in [0.2, 0.25) is 0 Å². The van der Waals surface area contributed by atoms with E-state index in [4.69, 9.17) is 9.84 Å². The molecule has 4 rings (SSSR count). The van der Waals surface area contributed by atoms with Gasteiger partial charge in [-0.05, 0) is 66.1 Å². The molecule has 0 amide bonds. The number of nitrogens with zero attached hydrogens (tertiary/aromatic N) is 1. The van der Waals surface area contributed by atoms with Crippen molar-refractivity contribution in [1.29, 1.82) is 0 Å². The number of aliphatic carboxylic acids is 1. The summed E-state index contributed by atoms with van der Waals surface area (Å²) in [4.78, 5) is 13.1. The molecule has 0 aromatic heterocycles. The van der Waals surface area contributed by atoms with E-state index in [9.17, 15) is 4.79 Å². The van der Waals surface area contributed by atoms with Gasteiger partial charge in [0.15, 0.2) is 0 Å². The van der Waals surface area contributed by atoms with E-state index in [1.54, 1.807) is 0 Å². The summed E-state index contributed by atoms with van der Waals surface area (Å²) in [6.07, 6.45) is 5.20. The molecule has 1 N–H and O–H groups in total. The van der Waals surface area contributed by atoms with Crippen molar-refractivity contribution in [1.82, 2.24) is 4.90 Å². The Bertz CT molecular complexity index is 789. The summed E-state index contributed by atoms with van der Waals surface area (Å²) in [6, 6.07) is 12.8. The van der Waals surface area contributed by atoms with E-state index in [0.717, 1.165) is 31.1 Å². The van der Waals surface area contributed by atoms with Gasteiger partial charge in [-0.25, -0.2) is 0 Å². The lowest BCUT2D eigenvalue weighted by Gasteiger charge is -2.36. The summed E-state index contributed by atoms with van der Waals surface area (Å²) < 4.78 is 6.20. The molecule has 138 valence electrons. The number of likely N-dealkylation sites (tertiary alicyclic amines) is 1. The van der Waals surface area contributed by atoms with Crippen LogP contribution in [-0.2, 0) is 11.3 Å². The van der Waals surface area contributed by atoms with Crippen molar-refractivity contribution in [2.75, 3.05) is 13.1 Å². The normalized spacial score (nSPS) is 24.3. The predicted octanol–water partition coefficient (Wildman–Crippen LogP) is 4.31. The molecule has 26 heavy (non-hydrogen) atoms. The van der Waals surface area contributed by atoms with Crippen molar-refractivity contribution in [3.8, 4) is 5.75 Å². The van der Waals surface area contributed by atoms with Crippen LogP contribution in [0.3, 0.4) is 0 Å². The molecular weight excluding hydrogens is 326 g/mol. The van der Waals surface area contributed by atoms with Gasteiger partial charge in [0, 0.05) is 19.6 Å². The number of ether oxygens (including phenoxy) is 1. The first-order valence-electron chi connectivity index (χ1n) is 9.71. The third kappa shape index (κ3) is 3.85. The molecule has 1 aliphatic carbocycles. The number of carbonyl (C=O) groups is 1. The lowest BCUT2D eigenvalue weighted by molar-refractivity contribution is -0.147. The van der Waals surface area contributed by atoms with Crippen molar-refractivity contribution in [2.45, 2.75) is 45.3 Å². The van der Waals surface area contributed by atoms with Gasteiger partial charge in [0.1, 0.15) is 5.75 Å². The van der Waals surface area contributed by atoms with Crippen molar-refractivity contribution in [3.05, 3.63) is 42.0 Å². The Morgan fingerprint density at radius 2 is 1.77 bits per heavy atom. The van der Waals surface area contributed by atoms with E-state index in [1.807, 2.05) is 0 Å². The molecule has 2 aliphatic rings. The highest BCUT2D eigenvalue weighted by Gasteiger charge is 2.32. The fraction of sp³-hybridized carbons (Fsp3) is 0.500. The zero-order valence-electron chi connectivity index (χ0n) is 15.4. The van der Waals surface area contributed by atoms with Crippen molar-refractivity contribution in [3.63, 3.8) is 0 Å². The van der Waals surface area contributed by atoms with Gasteiger partial charge in [-0.3, -0.25) is 9.69 Å². The van der Waals surface area contributed by atoms with Crippen LogP contribution < -0.4 is 4.74 Å². The van der Waals surface area contributed by atoms with Crippen molar-refractivity contribution >= 4 is 16.7 Å². The summed E-state index contributed by atoms with van der Waals surface area (Å²) in [7, 11) is 0. The second kappa shape index (κ2) is 7.28. The maximum atomic E-state index is 10.9. The van der Waals surface area contributed by atoms with Crippen molar-refractivity contribution < 1.29 is 14.6 Å². The van der Waals surface area contributed by atoms with Crippen LogP contribution in [-0.4, -0.2) is 35.2 Å². The van der Waals surface area contributed by atoms with Crippen LogP contribution >= 0.6 is 0 Å². The molecule has 0 unspecified atom stereocenters. The van der Waals surface area contributed by atoms with Crippen LogP contribution in [0.25, 0.3) is 10.8 Å². The molecule has 1 aliphatic heterocycles. The highest BCUT2D eigenvalue weighted by atomic mass is 16.5. The summed E-state index contributed by atoms with van der Waals surface area (Å²) in [5, 5.41) is 11.4. The summed E-state index contributed by atoms with van der Waals surface area (Å²) in [5.74, 6) is 0.927. The molecule has 1 saturated carbocycles. The van der Waals surface area contributed by atoms with E-state index in [1.165, 1.54) is 29.2 Å². The molecule has 4 nitrogen and oxygen atoms in total. The fourth-order valence-electron chi connectivity index (χ4n) is 4.10. The quantitative estimate of drug-likeness (QED) is 0.870. The third-order valence-corrected chi connectivity index (χ3v) is 5.85. The Morgan fingerprint density at radius 1 is 1.08 bits per heavy atom. The molecule has 0 bridgehead atoms. The molecule has 4 heteroatoms. The molecular formula is C22H27NO3. The number of carboxylic acids is 1. The van der Waals surface area contributed by atoms with Gasteiger partial charge in [-0.1, -0.05) is 25.1 Å². The maximum absolute atomic E-state index is 10.9. The van der Waals surface area contributed by atoms with E-state index in [2.05, 4.69) is 48.2 Å². The van der Waals surface area contributed by atoms with Crippen LogP contribution in [0.1, 0.15) is 38.2 Å². The maximum Gasteiger partial charge on any atom is 0.309 e. The Kier molecular flexibility index (Phi) is 4.86.